The first-order chi connectivity index (χ1) is 13.5. The van der Waals surface area contributed by atoms with Gasteiger partial charge in [-0.05, 0) is 34.1 Å². The Morgan fingerprint density at radius 2 is 1.35 bits per heavy atom. The van der Waals surface area contributed by atoms with Crippen LogP contribution in [0.25, 0.3) is 0 Å². The van der Waals surface area contributed by atoms with Gasteiger partial charge < -0.3 is 9.47 Å². The number of alkyl halides is 10. The van der Waals surface area contributed by atoms with Crippen molar-refractivity contribution in [1.82, 2.24) is 0 Å². The number of rotatable bonds is 13. The van der Waals surface area contributed by atoms with E-state index in [1.54, 1.807) is 13.8 Å². The van der Waals surface area contributed by atoms with Crippen LogP contribution in [0.2, 0.25) is 0 Å². The van der Waals surface area contributed by atoms with Crippen LogP contribution in [0.15, 0.2) is 0 Å². The number of sulfone groups is 1. The average molecular weight is 504 g/mol. The first kappa shape index (κ1) is 30.1. The molecule has 0 amide bonds. The van der Waals surface area contributed by atoms with Gasteiger partial charge in [-0.25, -0.2) is 12.8 Å². The molecule has 0 saturated heterocycles. The molecular formula is C15H22F10O5S. The fourth-order valence-electron chi connectivity index (χ4n) is 1.76. The molecule has 0 aromatic carbocycles. The molecule has 1 atom stereocenters. The molecule has 0 fully saturated rings. The Kier molecular flexibility index (Phi) is 9.67. The van der Waals surface area contributed by atoms with Gasteiger partial charge in [-0.1, -0.05) is 0 Å². The Labute approximate surface area is 171 Å². The van der Waals surface area contributed by atoms with Crippen LogP contribution in [-0.2, 0) is 24.0 Å². The summed E-state index contributed by atoms with van der Waals surface area (Å²) in [4.78, 5) is 0. The summed E-state index contributed by atoms with van der Waals surface area (Å²) in [7, 11) is -6.02. The first-order valence-electron chi connectivity index (χ1n) is 8.50. The zero-order valence-electron chi connectivity index (χ0n) is 16.7. The van der Waals surface area contributed by atoms with E-state index < -0.39 is 57.6 Å². The zero-order valence-corrected chi connectivity index (χ0v) is 17.5. The summed E-state index contributed by atoms with van der Waals surface area (Å²) in [6.07, 6.45) is -18.8. The van der Waals surface area contributed by atoms with Crippen LogP contribution in [0.5, 0.6) is 0 Å². The van der Waals surface area contributed by atoms with E-state index >= 15 is 0 Å². The Hall–Kier alpha value is -0.870. The van der Waals surface area contributed by atoms with E-state index in [0.717, 1.165) is 0 Å². The number of ether oxygens (including phenoxy) is 3. The molecule has 0 bridgehead atoms. The van der Waals surface area contributed by atoms with Gasteiger partial charge in [0.1, 0.15) is 0 Å². The second kappa shape index (κ2) is 9.95. The predicted octanol–water partition coefficient (Wildman–Crippen LogP) is 4.71. The SMILES string of the molecule is CC(C)OCCC(C)(C)OCCS(=O)(=O)C(F)(F)C(F)OC(F)(F)C(F)(F)C(F)(F)F. The first-order valence-corrected chi connectivity index (χ1v) is 10.2. The highest BCUT2D eigenvalue weighted by Gasteiger charge is 2.76. The molecule has 1 unspecified atom stereocenters. The van der Waals surface area contributed by atoms with Crippen LogP contribution in [-0.4, -0.2) is 68.9 Å². The molecule has 5 nitrogen and oxygen atoms in total. The Morgan fingerprint density at radius 1 is 0.871 bits per heavy atom. The van der Waals surface area contributed by atoms with Gasteiger partial charge in [0.2, 0.25) is 9.84 Å². The van der Waals surface area contributed by atoms with Crippen molar-refractivity contribution in [3.8, 4) is 0 Å². The fraction of sp³-hybridized carbons (Fsp3) is 1.00. The van der Waals surface area contributed by atoms with Crippen LogP contribution in [0.3, 0.4) is 0 Å². The highest BCUT2D eigenvalue weighted by Crippen LogP contribution is 2.48. The molecule has 16 heteroatoms. The highest BCUT2D eigenvalue weighted by atomic mass is 32.2. The van der Waals surface area contributed by atoms with E-state index in [1.165, 1.54) is 13.8 Å². The Morgan fingerprint density at radius 3 is 1.77 bits per heavy atom. The third-order valence-corrected chi connectivity index (χ3v) is 5.37. The molecule has 0 rings (SSSR count). The molecule has 0 aliphatic heterocycles. The third kappa shape index (κ3) is 7.89. The maximum atomic E-state index is 13.7. The molecule has 188 valence electrons. The minimum atomic E-state index is -7.07. The maximum Gasteiger partial charge on any atom is 0.462 e. The van der Waals surface area contributed by atoms with Crippen molar-refractivity contribution in [2.75, 3.05) is 19.0 Å². The lowest BCUT2D eigenvalue weighted by molar-refractivity contribution is -0.446. The predicted molar refractivity (Wildman–Crippen MR) is 86.4 cm³/mol. The lowest BCUT2D eigenvalue weighted by Gasteiger charge is -2.30. The van der Waals surface area contributed by atoms with Gasteiger partial charge in [0, 0.05) is 6.61 Å². The van der Waals surface area contributed by atoms with Gasteiger partial charge in [0.15, 0.2) is 0 Å². The van der Waals surface area contributed by atoms with Crippen molar-refractivity contribution in [2.24, 2.45) is 0 Å². The van der Waals surface area contributed by atoms with Gasteiger partial charge in [-0.3, -0.25) is 4.74 Å². The number of halogens is 10. The molecular weight excluding hydrogens is 482 g/mol. The summed E-state index contributed by atoms with van der Waals surface area (Å²) in [5, 5.41) is -5.88. The van der Waals surface area contributed by atoms with Crippen molar-refractivity contribution in [3.05, 3.63) is 0 Å². The van der Waals surface area contributed by atoms with Gasteiger partial charge in [-0.2, -0.15) is 39.5 Å². The molecule has 0 aliphatic carbocycles. The van der Waals surface area contributed by atoms with E-state index in [4.69, 9.17) is 9.47 Å². The van der Waals surface area contributed by atoms with Gasteiger partial charge in [-0.15, -0.1) is 0 Å². The van der Waals surface area contributed by atoms with E-state index in [-0.39, 0.29) is 19.1 Å². The molecule has 31 heavy (non-hydrogen) atoms. The summed E-state index contributed by atoms with van der Waals surface area (Å²) >= 11 is 0. The number of hydrogen-bond acceptors (Lipinski definition) is 5. The standard InChI is InChI=1S/C15H22F10O5S/c1-9(2)28-6-5-11(3,4)29-7-8-31(26,27)12(17,18)10(16)30-15(24,25)13(19,20)14(21,22)23/h9-10H,5-8H2,1-4H3. The Bertz CT molecular complexity index is 676. The Balaban J connectivity index is 5.15. The molecule has 0 saturated carbocycles. The average Bonchev–Trinajstić information content (AvgIpc) is 2.51. The summed E-state index contributed by atoms with van der Waals surface area (Å²) in [5.41, 5.74) is -1.12. The van der Waals surface area contributed by atoms with E-state index in [2.05, 4.69) is 4.74 Å². The van der Waals surface area contributed by atoms with E-state index in [1.807, 2.05) is 0 Å². The summed E-state index contributed by atoms with van der Waals surface area (Å²) < 4.78 is 164. The highest BCUT2D eigenvalue weighted by molar-refractivity contribution is 7.92. The summed E-state index contributed by atoms with van der Waals surface area (Å²) in [6, 6.07) is 0. The topological polar surface area (TPSA) is 61.8 Å². The van der Waals surface area contributed by atoms with Crippen LogP contribution < -0.4 is 0 Å². The lowest BCUT2D eigenvalue weighted by atomic mass is 10.1. The molecule has 0 heterocycles. The smallest absolute Gasteiger partial charge is 0.379 e. The quantitative estimate of drug-likeness (QED) is 0.340. The normalized spacial score (nSPS) is 16.1. The van der Waals surface area contributed by atoms with Crippen LogP contribution in [0.4, 0.5) is 43.9 Å². The van der Waals surface area contributed by atoms with Crippen molar-refractivity contribution < 1.29 is 66.5 Å². The van der Waals surface area contributed by atoms with E-state index in [0.29, 0.717) is 0 Å². The van der Waals surface area contributed by atoms with Crippen LogP contribution in [0, 0.1) is 0 Å². The maximum absolute atomic E-state index is 13.7. The number of hydrogen-bond donors (Lipinski definition) is 0. The monoisotopic (exact) mass is 504 g/mol. The molecule has 0 radical (unpaired) electrons. The third-order valence-electron chi connectivity index (χ3n) is 3.65. The fourth-order valence-corrected chi connectivity index (χ4v) is 2.66. The van der Waals surface area contributed by atoms with Gasteiger partial charge >= 0.3 is 23.5 Å². The van der Waals surface area contributed by atoms with Crippen molar-refractivity contribution in [3.63, 3.8) is 0 Å². The molecule has 0 aromatic rings. The van der Waals surface area contributed by atoms with Crippen molar-refractivity contribution in [1.29, 1.82) is 0 Å². The zero-order chi connectivity index (χ0) is 25.1. The molecule has 0 N–H and O–H groups in total. The largest absolute Gasteiger partial charge is 0.462 e. The second-order valence-corrected chi connectivity index (χ2v) is 9.36. The van der Waals surface area contributed by atoms with Crippen molar-refractivity contribution >= 4 is 9.84 Å². The molecule has 0 aliphatic rings. The van der Waals surface area contributed by atoms with Gasteiger partial charge in [0.05, 0.1) is 24.1 Å². The van der Waals surface area contributed by atoms with E-state index in [9.17, 15) is 52.3 Å². The molecule has 0 aromatic heterocycles. The minimum Gasteiger partial charge on any atom is -0.379 e. The van der Waals surface area contributed by atoms with Crippen molar-refractivity contribution in [2.45, 2.75) is 75.6 Å². The second-order valence-electron chi connectivity index (χ2n) is 7.18. The lowest BCUT2D eigenvalue weighted by Crippen LogP contribution is -2.56. The molecule has 0 spiro atoms. The van der Waals surface area contributed by atoms with Crippen LogP contribution in [0.1, 0.15) is 34.1 Å². The van der Waals surface area contributed by atoms with Crippen LogP contribution >= 0.6 is 0 Å². The minimum absolute atomic E-state index is 0.135. The summed E-state index contributed by atoms with van der Waals surface area (Å²) in [5.74, 6) is -8.76. The van der Waals surface area contributed by atoms with Gasteiger partial charge in [0.25, 0.3) is 6.36 Å². The summed E-state index contributed by atoms with van der Waals surface area (Å²) in [6.45, 7) is 5.40.